The van der Waals surface area contributed by atoms with Crippen molar-refractivity contribution in [3.63, 3.8) is 0 Å². The minimum Gasteiger partial charge on any atom is -0.439 e. The largest absolute Gasteiger partial charge is 0.439 e. The second-order valence-corrected chi connectivity index (χ2v) is 5.90. The first-order chi connectivity index (χ1) is 12.8. The van der Waals surface area contributed by atoms with Gasteiger partial charge in [0.25, 0.3) is 0 Å². The maximum Gasteiger partial charge on any atom is 0.223 e. The molecule has 4 aromatic rings. The number of hydrogen-bond donors (Lipinski definition) is 0. The van der Waals surface area contributed by atoms with Gasteiger partial charge in [0.2, 0.25) is 5.88 Å². The first kappa shape index (κ1) is 16.0. The van der Waals surface area contributed by atoms with Crippen LogP contribution in [0.2, 0.25) is 0 Å². The van der Waals surface area contributed by atoms with Crippen molar-refractivity contribution in [2.75, 3.05) is 0 Å². The van der Waals surface area contributed by atoms with Gasteiger partial charge >= 0.3 is 0 Å². The van der Waals surface area contributed by atoms with E-state index in [-0.39, 0.29) is 0 Å². The summed E-state index contributed by atoms with van der Waals surface area (Å²) in [5, 5.41) is 0. The predicted molar refractivity (Wildman–Crippen MR) is 102 cm³/mol. The third-order valence-electron chi connectivity index (χ3n) is 3.95. The van der Waals surface area contributed by atoms with Crippen LogP contribution in [0, 0.1) is 6.92 Å². The third kappa shape index (κ3) is 3.59. The van der Waals surface area contributed by atoms with Gasteiger partial charge in [-0.1, -0.05) is 42.5 Å². The number of hydrogen-bond acceptors (Lipinski definition) is 4. The van der Waals surface area contributed by atoms with E-state index in [1.165, 1.54) is 5.56 Å². The van der Waals surface area contributed by atoms with Crippen molar-refractivity contribution in [3.05, 3.63) is 90.9 Å². The van der Waals surface area contributed by atoms with Crippen LogP contribution in [0.15, 0.2) is 85.2 Å². The molecular weight excluding hydrogens is 322 g/mol. The first-order valence-corrected chi connectivity index (χ1v) is 8.37. The molecule has 4 heteroatoms. The maximum absolute atomic E-state index is 5.95. The quantitative estimate of drug-likeness (QED) is 0.506. The zero-order chi connectivity index (χ0) is 17.8. The molecule has 0 amide bonds. The van der Waals surface area contributed by atoms with E-state index in [1.54, 1.807) is 12.4 Å². The van der Waals surface area contributed by atoms with Gasteiger partial charge in [0.05, 0.1) is 0 Å². The first-order valence-electron chi connectivity index (χ1n) is 8.37. The Morgan fingerprint density at radius 1 is 0.692 bits per heavy atom. The summed E-state index contributed by atoms with van der Waals surface area (Å²) in [4.78, 5) is 13.0. The van der Waals surface area contributed by atoms with Crippen molar-refractivity contribution in [1.29, 1.82) is 0 Å². The van der Waals surface area contributed by atoms with Gasteiger partial charge in [-0.15, -0.1) is 0 Å². The molecule has 0 aliphatic heterocycles. The minimum atomic E-state index is 0.525. The van der Waals surface area contributed by atoms with Gasteiger partial charge in [0.1, 0.15) is 5.75 Å². The van der Waals surface area contributed by atoms with Gasteiger partial charge in [-0.3, -0.25) is 4.98 Å². The molecule has 0 saturated heterocycles. The third-order valence-corrected chi connectivity index (χ3v) is 3.95. The second kappa shape index (κ2) is 7.15. The van der Waals surface area contributed by atoms with Crippen LogP contribution in [0.4, 0.5) is 0 Å². The van der Waals surface area contributed by atoms with Crippen LogP contribution >= 0.6 is 0 Å². The summed E-state index contributed by atoms with van der Waals surface area (Å²) in [7, 11) is 0. The van der Waals surface area contributed by atoms with Crippen molar-refractivity contribution in [2.45, 2.75) is 6.92 Å². The van der Waals surface area contributed by atoms with Crippen molar-refractivity contribution in [3.8, 4) is 34.1 Å². The van der Waals surface area contributed by atoms with Crippen LogP contribution in [-0.4, -0.2) is 15.0 Å². The Labute approximate surface area is 152 Å². The summed E-state index contributed by atoms with van der Waals surface area (Å²) in [5.74, 6) is 1.89. The standard InChI is InChI=1S/C22H17N3O/c1-16-15-21(25-22(24-16)19-11-13-23-14-12-19)26-20-9-7-18(8-10-20)17-5-3-2-4-6-17/h2-15H,1H3. The summed E-state index contributed by atoms with van der Waals surface area (Å²) in [6.07, 6.45) is 3.45. The van der Waals surface area contributed by atoms with Crippen LogP contribution in [0.1, 0.15) is 5.69 Å². The van der Waals surface area contributed by atoms with Crippen molar-refractivity contribution in [2.24, 2.45) is 0 Å². The van der Waals surface area contributed by atoms with Crippen molar-refractivity contribution in [1.82, 2.24) is 15.0 Å². The molecule has 0 saturated carbocycles. The molecular formula is C22H17N3O. The summed E-state index contributed by atoms with van der Waals surface area (Å²) in [6, 6.07) is 23.8. The van der Waals surface area contributed by atoms with Gasteiger partial charge in [-0.2, -0.15) is 4.98 Å². The molecule has 2 aromatic heterocycles. The average Bonchev–Trinajstić information content (AvgIpc) is 2.69. The van der Waals surface area contributed by atoms with Gasteiger partial charge in [0.15, 0.2) is 5.82 Å². The normalized spacial score (nSPS) is 10.5. The van der Waals surface area contributed by atoms with E-state index < -0.39 is 0 Å². The molecule has 0 fully saturated rings. The lowest BCUT2D eigenvalue weighted by Crippen LogP contribution is -1.96. The Kier molecular flexibility index (Phi) is 4.39. The molecule has 4 rings (SSSR count). The SMILES string of the molecule is Cc1cc(Oc2ccc(-c3ccccc3)cc2)nc(-c2ccncc2)n1. The lowest BCUT2D eigenvalue weighted by atomic mass is 10.1. The average molecular weight is 339 g/mol. The second-order valence-electron chi connectivity index (χ2n) is 5.90. The number of benzene rings is 2. The molecule has 2 heterocycles. The van der Waals surface area contributed by atoms with E-state index in [9.17, 15) is 0 Å². The highest BCUT2D eigenvalue weighted by molar-refractivity contribution is 5.64. The summed E-state index contributed by atoms with van der Waals surface area (Å²) in [6.45, 7) is 1.93. The fourth-order valence-electron chi connectivity index (χ4n) is 2.69. The highest BCUT2D eigenvalue weighted by atomic mass is 16.5. The number of pyridine rings is 1. The van der Waals surface area contributed by atoms with E-state index >= 15 is 0 Å². The molecule has 0 unspecified atom stereocenters. The molecule has 0 atom stereocenters. The molecule has 0 aliphatic carbocycles. The number of nitrogens with zero attached hydrogens (tertiary/aromatic N) is 3. The van der Waals surface area contributed by atoms with Crippen LogP contribution in [0.3, 0.4) is 0 Å². The molecule has 2 aromatic carbocycles. The molecule has 126 valence electrons. The van der Waals surface area contributed by atoms with Gasteiger partial charge in [0, 0.05) is 29.7 Å². The van der Waals surface area contributed by atoms with E-state index in [0.717, 1.165) is 22.6 Å². The van der Waals surface area contributed by atoms with Gasteiger partial charge < -0.3 is 4.74 Å². The van der Waals surface area contributed by atoms with Crippen molar-refractivity contribution >= 4 is 0 Å². The lowest BCUT2D eigenvalue weighted by Gasteiger charge is -2.09. The predicted octanol–water partition coefficient (Wildman–Crippen LogP) is 5.31. The van der Waals surface area contributed by atoms with E-state index in [2.05, 4.69) is 27.1 Å². The molecule has 4 nitrogen and oxygen atoms in total. The number of aromatic nitrogens is 3. The Bertz CT molecular complexity index is 1000. The lowest BCUT2D eigenvalue weighted by molar-refractivity contribution is 0.461. The topological polar surface area (TPSA) is 47.9 Å². The Morgan fingerprint density at radius 2 is 1.38 bits per heavy atom. The summed E-state index contributed by atoms with van der Waals surface area (Å²) in [5.41, 5.74) is 4.09. The number of aryl methyl sites for hydroxylation is 1. The molecule has 26 heavy (non-hydrogen) atoms. The van der Waals surface area contributed by atoms with Crippen molar-refractivity contribution < 1.29 is 4.74 Å². The molecule has 0 bridgehead atoms. The Balaban J connectivity index is 1.58. The minimum absolute atomic E-state index is 0.525. The molecule has 0 aliphatic rings. The fourth-order valence-corrected chi connectivity index (χ4v) is 2.69. The summed E-state index contributed by atoms with van der Waals surface area (Å²) < 4.78 is 5.95. The van der Waals surface area contributed by atoms with E-state index in [4.69, 9.17) is 4.74 Å². The monoisotopic (exact) mass is 339 g/mol. The highest BCUT2D eigenvalue weighted by Gasteiger charge is 2.07. The van der Waals surface area contributed by atoms with Crippen LogP contribution < -0.4 is 4.74 Å². The van der Waals surface area contributed by atoms with Gasteiger partial charge in [-0.25, -0.2) is 4.98 Å². The maximum atomic E-state index is 5.95. The van der Waals surface area contributed by atoms with Crippen LogP contribution in [0.25, 0.3) is 22.5 Å². The molecule has 0 radical (unpaired) electrons. The van der Waals surface area contributed by atoms with E-state index in [0.29, 0.717) is 11.7 Å². The zero-order valence-electron chi connectivity index (χ0n) is 14.3. The Morgan fingerprint density at radius 3 is 2.12 bits per heavy atom. The summed E-state index contributed by atoms with van der Waals surface area (Å²) >= 11 is 0. The van der Waals surface area contributed by atoms with Crippen LogP contribution in [-0.2, 0) is 0 Å². The number of ether oxygens (including phenoxy) is 1. The highest BCUT2D eigenvalue weighted by Crippen LogP contribution is 2.26. The number of rotatable bonds is 4. The Hall–Kier alpha value is -3.53. The van der Waals surface area contributed by atoms with E-state index in [1.807, 2.05) is 67.6 Å². The van der Waals surface area contributed by atoms with Crippen LogP contribution in [0.5, 0.6) is 11.6 Å². The zero-order valence-corrected chi connectivity index (χ0v) is 14.3. The smallest absolute Gasteiger partial charge is 0.223 e. The molecule has 0 N–H and O–H groups in total. The van der Waals surface area contributed by atoms with Gasteiger partial charge in [-0.05, 0) is 42.3 Å². The molecule has 0 spiro atoms. The fraction of sp³-hybridized carbons (Fsp3) is 0.0455.